The van der Waals surface area contributed by atoms with E-state index in [0.29, 0.717) is 25.7 Å². The first-order valence-electron chi connectivity index (χ1n) is 14.1. The molecule has 0 bridgehead atoms. The predicted octanol–water partition coefficient (Wildman–Crippen LogP) is 2.17. The van der Waals surface area contributed by atoms with Gasteiger partial charge in [0, 0.05) is 13.2 Å². The SMILES string of the molecule is CO[C@H]1C=CC=CC[C@@H](O)CC=CC=C[C@@H](O[C@@H]2O[C@H](CO)[C@@H](O)[C@H](O)[C@H]2O)C/C=C/C=CC(=O)O[C@H](C)CCC1. The van der Waals surface area contributed by atoms with E-state index < -0.39 is 55.5 Å². The third-order valence-electron chi connectivity index (χ3n) is 6.69. The van der Waals surface area contributed by atoms with Gasteiger partial charge in [0.05, 0.1) is 31.0 Å². The molecule has 0 aliphatic carbocycles. The maximum Gasteiger partial charge on any atom is 0.331 e. The van der Waals surface area contributed by atoms with Gasteiger partial charge >= 0.3 is 5.97 Å². The highest BCUT2D eigenvalue weighted by Gasteiger charge is 2.44. The Morgan fingerprint density at radius 2 is 1.46 bits per heavy atom. The van der Waals surface area contributed by atoms with E-state index in [-0.39, 0.29) is 12.2 Å². The molecule has 2 aliphatic heterocycles. The minimum absolute atomic E-state index is 0.0497. The average molecular weight is 579 g/mol. The molecule has 0 saturated carbocycles. The van der Waals surface area contributed by atoms with Gasteiger partial charge in [0.25, 0.3) is 0 Å². The van der Waals surface area contributed by atoms with E-state index in [0.717, 1.165) is 12.8 Å². The van der Waals surface area contributed by atoms with E-state index in [1.165, 1.54) is 6.08 Å². The molecule has 2 heterocycles. The van der Waals surface area contributed by atoms with Crippen molar-refractivity contribution in [3.05, 3.63) is 72.9 Å². The number of carbonyl (C=O) groups excluding carboxylic acids is 1. The number of esters is 1. The van der Waals surface area contributed by atoms with Gasteiger partial charge in [-0.3, -0.25) is 0 Å². The van der Waals surface area contributed by atoms with E-state index in [9.17, 15) is 30.3 Å². The molecule has 0 aromatic carbocycles. The summed E-state index contributed by atoms with van der Waals surface area (Å²) in [5.74, 6) is -0.453. The van der Waals surface area contributed by atoms with E-state index in [1.807, 2.05) is 37.3 Å². The minimum Gasteiger partial charge on any atom is -0.460 e. The van der Waals surface area contributed by atoms with Gasteiger partial charge in [-0.1, -0.05) is 66.8 Å². The number of allylic oxidation sites excluding steroid dienone is 6. The predicted molar refractivity (Wildman–Crippen MR) is 154 cm³/mol. The summed E-state index contributed by atoms with van der Waals surface area (Å²) >= 11 is 0. The Morgan fingerprint density at radius 1 is 0.829 bits per heavy atom. The molecule has 0 unspecified atom stereocenters. The lowest BCUT2D eigenvalue weighted by molar-refractivity contribution is -0.307. The standard InChI is InChI=1S/C31H46O10/c1-22-13-12-19-24(38-2)16-8-3-6-14-23(33)15-7-4-9-17-25(18-10-5-11-20-27(34)39-22)40-31-30(37)29(36)28(35)26(21-32)41-31/h3-11,16-17,20,22-26,28-33,35-37H,12-15,18-19,21H2,1-2H3/b6-3?,7-4?,10-5+,16-8?,17-9?,20-11?/t22-,23-,24+,25-,26-,28-,29+,30-,31-/m1/s1. The van der Waals surface area contributed by atoms with Crippen LogP contribution >= 0.6 is 0 Å². The molecule has 2 rings (SSSR count). The van der Waals surface area contributed by atoms with E-state index in [4.69, 9.17) is 18.9 Å². The molecule has 41 heavy (non-hydrogen) atoms. The summed E-state index contributed by atoms with van der Waals surface area (Å²) in [4.78, 5) is 12.2. The zero-order valence-corrected chi connectivity index (χ0v) is 23.9. The van der Waals surface area contributed by atoms with Gasteiger partial charge in [0.15, 0.2) is 6.29 Å². The fourth-order valence-electron chi connectivity index (χ4n) is 4.25. The molecule has 1 fully saturated rings. The van der Waals surface area contributed by atoms with Crippen molar-refractivity contribution in [3.8, 4) is 0 Å². The number of hydrogen-bond donors (Lipinski definition) is 5. The summed E-state index contributed by atoms with van der Waals surface area (Å²) in [6.45, 7) is 1.29. The van der Waals surface area contributed by atoms with Crippen LogP contribution in [-0.4, -0.2) is 100 Å². The fraction of sp³-hybridized carbons (Fsp3) is 0.581. The first kappa shape index (κ1) is 34.8. The molecule has 9 atom stereocenters. The van der Waals surface area contributed by atoms with Crippen LogP contribution in [0, 0.1) is 0 Å². The van der Waals surface area contributed by atoms with Crippen molar-refractivity contribution >= 4 is 5.97 Å². The number of carbonyl (C=O) groups is 1. The quantitative estimate of drug-likeness (QED) is 0.314. The highest BCUT2D eigenvalue weighted by Crippen LogP contribution is 2.24. The molecule has 5 N–H and O–H groups in total. The highest BCUT2D eigenvalue weighted by molar-refractivity contribution is 5.82. The Morgan fingerprint density at radius 3 is 2.12 bits per heavy atom. The second-order valence-electron chi connectivity index (χ2n) is 10.1. The van der Waals surface area contributed by atoms with E-state index in [1.54, 1.807) is 43.6 Å². The van der Waals surface area contributed by atoms with Crippen molar-refractivity contribution in [1.82, 2.24) is 0 Å². The molecule has 10 heteroatoms. The Bertz CT molecular complexity index is 922. The van der Waals surface area contributed by atoms with Gasteiger partial charge in [0.1, 0.15) is 24.4 Å². The molecule has 2 aliphatic rings. The number of hydrogen-bond acceptors (Lipinski definition) is 10. The first-order valence-corrected chi connectivity index (χ1v) is 14.1. The van der Waals surface area contributed by atoms with E-state index in [2.05, 4.69) is 0 Å². The van der Waals surface area contributed by atoms with Crippen LogP contribution < -0.4 is 0 Å². The Hall–Kier alpha value is -2.41. The second-order valence-corrected chi connectivity index (χ2v) is 10.1. The van der Waals surface area contributed by atoms with Crippen LogP contribution in [0.25, 0.3) is 0 Å². The summed E-state index contributed by atoms with van der Waals surface area (Å²) in [7, 11) is 1.66. The van der Waals surface area contributed by atoms with Crippen molar-refractivity contribution in [2.24, 2.45) is 0 Å². The van der Waals surface area contributed by atoms with Crippen LogP contribution in [0.4, 0.5) is 0 Å². The van der Waals surface area contributed by atoms with Gasteiger partial charge in [-0.05, 0) is 45.4 Å². The maximum atomic E-state index is 12.2. The Labute approximate surface area is 242 Å². The van der Waals surface area contributed by atoms with Crippen molar-refractivity contribution in [2.75, 3.05) is 13.7 Å². The first-order chi connectivity index (χ1) is 19.7. The van der Waals surface area contributed by atoms with Crippen LogP contribution in [-0.2, 0) is 23.7 Å². The number of aliphatic hydroxyl groups excluding tert-OH is 5. The topological polar surface area (TPSA) is 155 Å². The van der Waals surface area contributed by atoms with Crippen LogP contribution in [0.1, 0.15) is 45.4 Å². The summed E-state index contributed by atoms with van der Waals surface area (Å²) < 4.78 is 22.3. The molecule has 0 aromatic heterocycles. The van der Waals surface area contributed by atoms with Gasteiger partial charge in [-0.25, -0.2) is 4.79 Å². The van der Waals surface area contributed by atoms with Crippen LogP contribution in [0.3, 0.4) is 0 Å². The number of cyclic esters (lactones) is 1. The van der Waals surface area contributed by atoms with E-state index >= 15 is 0 Å². The summed E-state index contributed by atoms with van der Waals surface area (Å²) in [6, 6.07) is 0. The fourth-order valence-corrected chi connectivity index (χ4v) is 4.25. The van der Waals surface area contributed by atoms with Gasteiger partial charge in [-0.15, -0.1) is 0 Å². The molecule has 230 valence electrons. The lowest BCUT2D eigenvalue weighted by Crippen LogP contribution is -2.59. The van der Waals surface area contributed by atoms with Crippen LogP contribution in [0.15, 0.2) is 72.9 Å². The highest BCUT2D eigenvalue weighted by atomic mass is 16.7. The van der Waals surface area contributed by atoms with Gasteiger partial charge in [0.2, 0.25) is 0 Å². The van der Waals surface area contributed by atoms with Crippen molar-refractivity contribution in [3.63, 3.8) is 0 Å². The van der Waals surface area contributed by atoms with Crippen LogP contribution in [0.2, 0.25) is 0 Å². The zero-order valence-electron chi connectivity index (χ0n) is 23.9. The average Bonchev–Trinajstić information content (AvgIpc) is 2.95. The molecule has 0 aromatic rings. The van der Waals surface area contributed by atoms with Crippen molar-refractivity contribution in [2.45, 2.75) is 101 Å². The molecule has 0 amide bonds. The summed E-state index contributed by atoms with van der Waals surface area (Å²) in [5.41, 5.74) is 0. The molecule has 10 nitrogen and oxygen atoms in total. The molecule has 1 saturated heterocycles. The number of rotatable bonds is 4. The monoisotopic (exact) mass is 578 g/mol. The summed E-state index contributed by atoms with van der Waals surface area (Å²) in [6.07, 6.45) is 16.1. The normalized spacial score (nSPS) is 36.0. The smallest absolute Gasteiger partial charge is 0.331 e. The third-order valence-corrected chi connectivity index (χ3v) is 6.69. The lowest BCUT2D eigenvalue weighted by Gasteiger charge is -2.40. The van der Waals surface area contributed by atoms with Crippen molar-refractivity contribution < 1.29 is 49.3 Å². The molecule has 0 radical (unpaired) electrons. The third kappa shape index (κ3) is 13.4. The number of ether oxygens (including phenoxy) is 4. The maximum absolute atomic E-state index is 12.2. The molecule has 0 spiro atoms. The minimum atomic E-state index is -1.55. The molecular formula is C31H46O10. The number of methoxy groups -OCH3 is 1. The van der Waals surface area contributed by atoms with Crippen molar-refractivity contribution in [1.29, 1.82) is 0 Å². The van der Waals surface area contributed by atoms with Gasteiger partial charge in [-0.2, -0.15) is 0 Å². The summed E-state index contributed by atoms with van der Waals surface area (Å²) in [5, 5.41) is 50.2. The lowest BCUT2D eigenvalue weighted by atomic mass is 9.99. The molecular weight excluding hydrogens is 532 g/mol. The largest absolute Gasteiger partial charge is 0.460 e. The number of aliphatic hydroxyl groups is 5. The Kier molecular flexibility index (Phi) is 16.7. The zero-order chi connectivity index (χ0) is 30.0. The van der Waals surface area contributed by atoms with Gasteiger partial charge < -0.3 is 44.5 Å². The second kappa shape index (κ2) is 19.7. The Balaban J connectivity index is 2.12. The van der Waals surface area contributed by atoms with Crippen LogP contribution in [0.5, 0.6) is 0 Å².